The Balaban J connectivity index is 1.20. The van der Waals surface area contributed by atoms with Gasteiger partial charge in [-0.1, -0.05) is 67.1 Å². The highest BCUT2D eigenvalue weighted by atomic mass is 16.5. The largest absolute Gasteiger partial charge is 0.496 e. The van der Waals surface area contributed by atoms with Crippen LogP contribution in [0.5, 0.6) is 5.75 Å². The number of nitrogens with zero attached hydrogens (tertiary/aromatic N) is 1. The number of para-hydroxylation sites is 3. The fourth-order valence-corrected chi connectivity index (χ4v) is 5.35. The monoisotopic (exact) mass is 484 g/mol. The number of piperidine rings is 1. The van der Waals surface area contributed by atoms with E-state index in [1.165, 1.54) is 24.0 Å². The first-order valence-electron chi connectivity index (χ1n) is 13.0. The summed E-state index contributed by atoms with van der Waals surface area (Å²) in [4.78, 5) is 4.52. The molecule has 3 aromatic carbocycles. The van der Waals surface area contributed by atoms with Crippen molar-refractivity contribution in [3.8, 4) is 5.75 Å². The number of aromatic nitrogens is 1. The highest BCUT2D eigenvalue weighted by Crippen LogP contribution is 2.32. The molecule has 6 nitrogen and oxygen atoms in total. The summed E-state index contributed by atoms with van der Waals surface area (Å²) in [6.45, 7) is 2.69. The van der Waals surface area contributed by atoms with Gasteiger partial charge in [0.25, 0.3) is 6.01 Å². The van der Waals surface area contributed by atoms with E-state index in [1.807, 2.05) is 36.4 Å². The van der Waals surface area contributed by atoms with Crippen LogP contribution < -0.4 is 20.7 Å². The average Bonchev–Trinajstić information content (AvgIpc) is 3.35. The minimum atomic E-state index is 0.289. The van der Waals surface area contributed by atoms with Crippen molar-refractivity contribution in [1.29, 1.82) is 0 Å². The lowest BCUT2D eigenvalue weighted by Gasteiger charge is -2.40. The number of hydrogen-bond donors (Lipinski definition) is 3. The zero-order valence-corrected chi connectivity index (χ0v) is 21.0. The summed E-state index contributed by atoms with van der Waals surface area (Å²) in [7, 11) is 1.74. The summed E-state index contributed by atoms with van der Waals surface area (Å²) >= 11 is 0. The van der Waals surface area contributed by atoms with Crippen molar-refractivity contribution in [1.82, 2.24) is 15.6 Å². The molecule has 0 radical (unpaired) electrons. The Morgan fingerprint density at radius 2 is 1.78 bits per heavy atom. The van der Waals surface area contributed by atoms with Gasteiger partial charge in [-0.3, -0.25) is 0 Å². The Kier molecular flexibility index (Phi) is 8.16. The van der Waals surface area contributed by atoms with Gasteiger partial charge < -0.3 is 25.1 Å². The summed E-state index contributed by atoms with van der Waals surface area (Å²) in [6.07, 6.45) is 4.60. The van der Waals surface area contributed by atoms with Crippen molar-refractivity contribution in [3.63, 3.8) is 0 Å². The van der Waals surface area contributed by atoms with Gasteiger partial charge in [0.1, 0.15) is 11.3 Å². The number of benzene rings is 3. The molecule has 188 valence electrons. The maximum absolute atomic E-state index is 5.79. The highest BCUT2D eigenvalue weighted by molar-refractivity contribution is 5.74. The molecule has 1 aliphatic heterocycles. The molecule has 1 saturated heterocycles. The van der Waals surface area contributed by atoms with Crippen LogP contribution in [0.3, 0.4) is 0 Å². The Morgan fingerprint density at radius 3 is 2.64 bits per heavy atom. The first-order chi connectivity index (χ1) is 17.8. The molecular weight excluding hydrogens is 448 g/mol. The van der Waals surface area contributed by atoms with Gasteiger partial charge in [0.2, 0.25) is 0 Å². The number of fused-ring (bicyclic) bond motifs is 1. The summed E-state index contributed by atoms with van der Waals surface area (Å²) in [6, 6.07) is 28.2. The molecule has 0 spiro atoms. The summed E-state index contributed by atoms with van der Waals surface area (Å²) in [5, 5.41) is 11.1. The van der Waals surface area contributed by atoms with E-state index in [2.05, 4.69) is 63.4 Å². The van der Waals surface area contributed by atoms with Gasteiger partial charge in [-0.05, 0) is 55.5 Å². The molecule has 2 heterocycles. The number of unbranched alkanes of at least 4 members (excludes halogenated alkanes) is 1. The lowest BCUT2D eigenvalue weighted by atomic mass is 9.80. The van der Waals surface area contributed by atoms with Gasteiger partial charge >= 0.3 is 0 Å². The van der Waals surface area contributed by atoms with Gasteiger partial charge in [0.15, 0.2) is 5.58 Å². The maximum Gasteiger partial charge on any atom is 0.295 e. The van der Waals surface area contributed by atoms with Gasteiger partial charge in [0, 0.05) is 30.7 Å². The third-order valence-electron chi connectivity index (χ3n) is 7.20. The molecule has 0 aliphatic carbocycles. The van der Waals surface area contributed by atoms with Crippen molar-refractivity contribution < 1.29 is 9.15 Å². The van der Waals surface area contributed by atoms with Gasteiger partial charge in [0.05, 0.1) is 7.11 Å². The summed E-state index contributed by atoms with van der Waals surface area (Å²) < 4.78 is 11.4. The Bertz CT molecular complexity index is 1190. The Hall–Kier alpha value is -3.35. The third-order valence-corrected chi connectivity index (χ3v) is 7.20. The van der Waals surface area contributed by atoms with Crippen molar-refractivity contribution in [2.45, 2.75) is 44.3 Å². The predicted octanol–water partition coefficient (Wildman–Crippen LogP) is 5.93. The molecule has 0 saturated carbocycles. The van der Waals surface area contributed by atoms with Crippen molar-refractivity contribution in [2.24, 2.45) is 5.92 Å². The highest BCUT2D eigenvalue weighted by Gasteiger charge is 2.33. The molecule has 3 N–H and O–H groups in total. The van der Waals surface area contributed by atoms with Gasteiger partial charge in [-0.25, -0.2) is 0 Å². The molecule has 1 fully saturated rings. The van der Waals surface area contributed by atoms with Crippen molar-refractivity contribution >= 4 is 17.1 Å². The Morgan fingerprint density at radius 1 is 0.972 bits per heavy atom. The molecule has 36 heavy (non-hydrogen) atoms. The molecule has 3 unspecified atom stereocenters. The second-order valence-electron chi connectivity index (χ2n) is 9.52. The lowest BCUT2D eigenvalue weighted by Crippen LogP contribution is -2.51. The molecule has 3 atom stereocenters. The topological polar surface area (TPSA) is 71.3 Å². The van der Waals surface area contributed by atoms with Crippen LogP contribution in [-0.2, 0) is 6.54 Å². The van der Waals surface area contributed by atoms with Crippen LogP contribution in [-0.4, -0.2) is 31.2 Å². The first-order valence-corrected chi connectivity index (χ1v) is 13.0. The normalized spacial score (nSPS) is 19.9. The van der Waals surface area contributed by atoms with Crippen LogP contribution in [0.25, 0.3) is 11.1 Å². The van der Waals surface area contributed by atoms with Crippen LogP contribution in [0.15, 0.2) is 83.3 Å². The number of nitrogens with one attached hydrogen (secondary N) is 3. The van der Waals surface area contributed by atoms with E-state index in [-0.39, 0.29) is 6.04 Å². The Labute approximate surface area is 213 Å². The van der Waals surface area contributed by atoms with Gasteiger partial charge in [-0.15, -0.1) is 0 Å². The summed E-state index contributed by atoms with van der Waals surface area (Å²) in [5.74, 6) is 1.53. The number of rotatable bonds is 11. The SMILES string of the molecule is COc1ccccc1CNC1C(CCCCNc2nc3ccccc3o2)CCNC1c1ccccc1. The van der Waals surface area contributed by atoms with Crippen LogP contribution in [0.2, 0.25) is 0 Å². The zero-order chi connectivity index (χ0) is 24.6. The van der Waals surface area contributed by atoms with Crippen LogP contribution in [0, 0.1) is 5.92 Å². The minimum Gasteiger partial charge on any atom is -0.496 e. The molecule has 4 aromatic rings. The van der Waals surface area contributed by atoms with E-state index in [9.17, 15) is 0 Å². The predicted molar refractivity (Wildman–Crippen MR) is 145 cm³/mol. The number of oxazole rings is 1. The van der Waals surface area contributed by atoms with E-state index in [4.69, 9.17) is 9.15 Å². The smallest absolute Gasteiger partial charge is 0.295 e. The van der Waals surface area contributed by atoms with E-state index in [0.717, 1.165) is 49.3 Å². The van der Waals surface area contributed by atoms with Crippen molar-refractivity contribution in [2.75, 3.05) is 25.5 Å². The van der Waals surface area contributed by atoms with Crippen LogP contribution >= 0.6 is 0 Å². The summed E-state index contributed by atoms with van der Waals surface area (Å²) in [5.41, 5.74) is 4.26. The molecule has 0 amide bonds. The average molecular weight is 485 g/mol. The van der Waals surface area contributed by atoms with E-state index < -0.39 is 0 Å². The van der Waals surface area contributed by atoms with Crippen molar-refractivity contribution in [3.05, 3.63) is 90.0 Å². The van der Waals surface area contributed by atoms with E-state index >= 15 is 0 Å². The number of hydrogen-bond acceptors (Lipinski definition) is 6. The maximum atomic E-state index is 5.79. The standard InChI is InChI=1S/C30H36N4O2/c1-35-26-16-7-5-14-24(26)21-33-29-23(18-20-31-28(29)22-11-3-2-4-12-22)13-9-10-19-32-30-34-25-15-6-8-17-27(25)36-30/h2-8,11-12,14-17,23,28-29,31,33H,9-10,13,18-21H2,1H3,(H,32,34). The molecular formula is C30H36N4O2. The van der Waals surface area contributed by atoms with Crippen LogP contribution in [0.1, 0.15) is 42.9 Å². The molecule has 6 heteroatoms. The zero-order valence-electron chi connectivity index (χ0n) is 21.0. The second-order valence-corrected chi connectivity index (χ2v) is 9.52. The molecule has 1 aromatic heterocycles. The fourth-order valence-electron chi connectivity index (χ4n) is 5.35. The number of anilines is 1. The van der Waals surface area contributed by atoms with E-state index in [0.29, 0.717) is 18.0 Å². The number of methoxy groups -OCH3 is 1. The van der Waals surface area contributed by atoms with E-state index in [1.54, 1.807) is 7.11 Å². The molecule has 1 aliphatic rings. The molecule has 5 rings (SSSR count). The van der Waals surface area contributed by atoms with Gasteiger partial charge in [-0.2, -0.15) is 4.98 Å². The minimum absolute atomic E-state index is 0.289. The quantitative estimate of drug-likeness (QED) is 0.229. The molecule has 0 bridgehead atoms. The first kappa shape index (κ1) is 24.3. The fraction of sp³-hybridized carbons (Fsp3) is 0.367. The number of ether oxygens (including phenoxy) is 1. The second kappa shape index (κ2) is 12.1. The third kappa shape index (κ3) is 5.89. The van der Waals surface area contributed by atoms with Crippen LogP contribution in [0.4, 0.5) is 6.01 Å². The lowest BCUT2D eigenvalue weighted by molar-refractivity contribution is 0.201.